The van der Waals surface area contributed by atoms with Gasteiger partial charge in [0.05, 0.1) is 11.3 Å². The van der Waals surface area contributed by atoms with Crippen molar-refractivity contribution < 1.29 is 0 Å². The van der Waals surface area contributed by atoms with Crippen molar-refractivity contribution in [2.45, 2.75) is 32.7 Å². The van der Waals surface area contributed by atoms with Gasteiger partial charge in [0.15, 0.2) is 5.65 Å². The third-order valence-corrected chi connectivity index (χ3v) is 5.78. The second-order valence-corrected chi connectivity index (χ2v) is 8.34. The SMILES string of the molecule is CCC(C)(C)Nc1nc(-c2ccncc2)c(-c2ccc3ccccc3c2)c2nncn12. The number of hydrogen-bond acceptors (Lipinski definition) is 5. The molecule has 0 saturated carbocycles. The van der Waals surface area contributed by atoms with Gasteiger partial charge in [0, 0.05) is 23.5 Å². The minimum absolute atomic E-state index is 0.121. The smallest absolute Gasteiger partial charge is 0.211 e. The lowest BCUT2D eigenvalue weighted by Gasteiger charge is -2.26. The molecule has 0 aliphatic heterocycles. The molecule has 5 aromatic rings. The molecule has 0 bridgehead atoms. The molecule has 0 amide bonds. The summed E-state index contributed by atoms with van der Waals surface area (Å²) in [5.74, 6) is 0.725. The number of nitrogens with one attached hydrogen (secondary N) is 1. The first kappa shape index (κ1) is 19.2. The number of hydrogen-bond donors (Lipinski definition) is 1. The fourth-order valence-electron chi connectivity index (χ4n) is 3.69. The standard InChI is InChI=1S/C25H24N6/c1-4-25(2,3)29-24-28-22(18-11-13-26-14-12-18)21(23-30-27-16-31(23)24)20-10-9-17-7-5-6-8-19(17)15-20/h5-16H,4H2,1-3H3,(H,28,29). The van der Waals surface area contributed by atoms with E-state index in [4.69, 9.17) is 4.98 Å². The first-order valence-electron chi connectivity index (χ1n) is 10.5. The zero-order valence-corrected chi connectivity index (χ0v) is 17.9. The van der Waals surface area contributed by atoms with Crippen molar-refractivity contribution in [2.75, 3.05) is 5.32 Å². The second kappa shape index (κ2) is 7.47. The van der Waals surface area contributed by atoms with Crippen LogP contribution in [0.4, 0.5) is 5.95 Å². The van der Waals surface area contributed by atoms with Crippen LogP contribution in [-0.4, -0.2) is 30.1 Å². The van der Waals surface area contributed by atoms with Gasteiger partial charge in [-0.15, -0.1) is 10.2 Å². The van der Waals surface area contributed by atoms with Crippen LogP contribution in [0.2, 0.25) is 0 Å². The summed E-state index contributed by atoms with van der Waals surface area (Å²) in [6.45, 7) is 6.48. The Labute approximate surface area is 181 Å². The van der Waals surface area contributed by atoms with E-state index in [2.05, 4.69) is 83.7 Å². The molecule has 154 valence electrons. The highest BCUT2D eigenvalue weighted by molar-refractivity contribution is 5.95. The monoisotopic (exact) mass is 408 g/mol. The zero-order valence-electron chi connectivity index (χ0n) is 17.9. The Morgan fingerprint density at radius 1 is 0.935 bits per heavy atom. The molecule has 1 N–H and O–H groups in total. The van der Waals surface area contributed by atoms with Crippen LogP contribution in [-0.2, 0) is 0 Å². The van der Waals surface area contributed by atoms with E-state index in [1.54, 1.807) is 18.7 Å². The van der Waals surface area contributed by atoms with Crippen LogP contribution < -0.4 is 5.32 Å². The zero-order chi connectivity index (χ0) is 21.4. The Morgan fingerprint density at radius 3 is 2.48 bits per heavy atom. The minimum atomic E-state index is -0.121. The molecule has 0 aliphatic rings. The van der Waals surface area contributed by atoms with E-state index < -0.39 is 0 Å². The molecule has 0 aliphatic carbocycles. The Hall–Kier alpha value is -3.80. The third kappa shape index (κ3) is 3.50. The topological polar surface area (TPSA) is 68.0 Å². The summed E-state index contributed by atoms with van der Waals surface area (Å²) < 4.78 is 1.94. The molecule has 6 nitrogen and oxygen atoms in total. The predicted octanol–water partition coefficient (Wildman–Crippen LogP) is 5.61. The molecule has 3 heterocycles. The molecular formula is C25H24N6. The Kier molecular flexibility index (Phi) is 4.62. The third-order valence-electron chi connectivity index (χ3n) is 5.78. The number of anilines is 1. The summed E-state index contributed by atoms with van der Waals surface area (Å²) >= 11 is 0. The molecule has 0 saturated heterocycles. The van der Waals surface area contributed by atoms with Gasteiger partial charge in [-0.05, 0) is 54.8 Å². The van der Waals surface area contributed by atoms with Crippen molar-refractivity contribution in [1.82, 2.24) is 24.6 Å². The predicted molar refractivity (Wildman–Crippen MR) is 125 cm³/mol. The largest absolute Gasteiger partial charge is 0.350 e. The Bertz CT molecular complexity index is 1370. The first-order valence-corrected chi connectivity index (χ1v) is 10.5. The normalized spacial score (nSPS) is 11.8. The van der Waals surface area contributed by atoms with Crippen LogP contribution in [0.5, 0.6) is 0 Å². The van der Waals surface area contributed by atoms with Crippen LogP contribution >= 0.6 is 0 Å². The molecule has 6 heteroatoms. The van der Waals surface area contributed by atoms with Gasteiger partial charge in [0.1, 0.15) is 6.33 Å². The fraction of sp³-hybridized carbons (Fsp3) is 0.200. The highest BCUT2D eigenvalue weighted by atomic mass is 15.3. The minimum Gasteiger partial charge on any atom is -0.350 e. The fourth-order valence-corrected chi connectivity index (χ4v) is 3.69. The van der Waals surface area contributed by atoms with Crippen LogP contribution in [0.15, 0.2) is 73.3 Å². The maximum Gasteiger partial charge on any atom is 0.211 e. The van der Waals surface area contributed by atoms with E-state index in [1.165, 1.54) is 10.8 Å². The molecule has 0 spiro atoms. The molecule has 2 aromatic carbocycles. The van der Waals surface area contributed by atoms with Gasteiger partial charge < -0.3 is 5.32 Å². The molecule has 0 unspecified atom stereocenters. The number of nitrogens with zero attached hydrogens (tertiary/aromatic N) is 5. The Morgan fingerprint density at radius 2 is 1.71 bits per heavy atom. The highest BCUT2D eigenvalue weighted by Gasteiger charge is 2.22. The lowest BCUT2D eigenvalue weighted by Crippen LogP contribution is -2.31. The van der Waals surface area contributed by atoms with Gasteiger partial charge >= 0.3 is 0 Å². The maximum atomic E-state index is 5.08. The van der Waals surface area contributed by atoms with Gasteiger partial charge in [-0.25, -0.2) is 4.98 Å². The highest BCUT2D eigenvalue weighted by Crippen LogP contribution is 2.36. The van der Waals surface area contributed by atoms with E-state index in [-0.39, 0.29) is 5.54 Å². The van der Waals surface area contributed by atoms with Gasteiger partial charge in [0.25, 0.3) is 0 Å². The number of pyridine rings is 1. The lowest BCUT2D eigenvalue weighted by atomic mass is 9.98. The van der Waals surface area contributed by atoms with E-state index in [1.807, 2.05) is 16.5 Å². The van der Waals surface area contributed by atoms with Crippen LogP contribution in [0.25, 0.3) is 38.8 Å². The van der Waals surface area contributed by atoms with E-state index in [9.17, 15) is 0 Å². The van der Waals surface area contributed by atoms with Crippen molar-refractivity contribution in [2.24, 2.45) is 0 Å². The first-order chi connectivity index (χ1) is 15.1. The van der Waals surface area contributed by atoms with Crippen LogP contribution in [0.1, 0.15) is 27.2 Å². The van der Waals surface area contributed by atoms with Crippen molar-refractivity contribution in [3.63, 3.8) is 0 Å². The molecule has 0 radical (unpaired) electrons. The molecule has 0 fully saturated rings. The second-order valence-electron chi connectivity index (χ2n) is 8.34. The summed E-state index contributed by atoms with van der Waals surface area (Å²) in [6, 6.07) is 18.8. The maximum absolute atomic E-state index is 5.08. The quantitative estimate of drug-likeness (QED) is 0.409. The van der Waals surface area contributed by atoms with Gasteiger partial charge in [-0.3, -0.25) is 9.38 Å². The van der Waals surface area contributed by atoms with Gasteiger partial charge in [0.2, 0.25) is 5.95 Å². The molecule has 5 rings (SSSR count). The van der Waals surface area contributed by atoms with Gasteiger partial charge in [-0.2, -0.15) is 0 Å². The van der Waals surface area contributed by atoms with E-state index >= 15 is 0 Å². The van der Waals surface area contributed by atoms with Crippen molar-refractivity contribution >= 4 is 22.4 Å². The van der Waals surface area contributed by atoms with Crippen molar-refractivity contribution in [3.05, 3.63) is 73.3 Å². The van der Waals surface area contributed by atoms with Crippen molar-refractivity contribution in [3.8, 4) is 22.4 Å². The molecule has 3 aromatic heterocycles. The summed E-state index contributed by atoms with van der Waals surface area (Å²) in [5.41, 5.74) is 4.50. The summed E-state index contributed by atoms with van der Waals surface area (Å²) in [7, 11) is 0. The molecule has 31 heavy (non-hydrogen) atoms. The number of rotatable bonds is 5. The number of aromatic nitrogens is 5. The summed E-state index contributed by atoms with van der Waals surface area (Å²) in [6.07, 6.45) is 6.25. The lowest BCUT2D eigenvalue weighted by molar-refractivity contribution is 0.541. The molecule has 0 atom stereocenters. The number of benzene rings is 2. The average molecular weight is 409 g/mol. The van der Waals surface area contributed by atoms with Crippen LogP contribution in [0, 0.1) is 0 Å². The molecular weight excluding hydrogens is 384 g/mol. The van der Waals surface area contributed by atoms with Crippen molar-refractivity contribution in [1.29, 1.82) is 0 Å². The van der Waals surface area contributed by atoms with E-state index in [0.29, 0.717) is 0 Å². The van der Waals surface area contributed by atoms with Gasteiger partial charge in [-0.1, -0.05) is 43.3 Å². The number of fused-ring (bicyclic) bond motifs is 2. The summed E-state index contributed by atoms with van der Waals surface area (Å²) in [5, 5.41) is 14.7. The Balaban J connectivity index is 1.81. The summed E-state index contributed by atoms with van der Waals surface area (Å²) in [4.78, 5) is 9.26. The van der Waals surface area contributed by atoms with Crippen LogP contribution in [0.3, 0.4) is 0 Å². The van der Waals surface area contributed by atoms with E-state index in [0.717, 1.165) is 40.4 Å². The average Bonchev–Trinajstić information content (AvgIpc) is 3.29.